The highest BCUT2D eigenvalue weighted by Gasteiger charge is 2.23. The van der Waals surface area contributed by atoms with Gasteiger partial charge in [0.2, 0.25) is 0 Å². The van der Waals surface area contributed by atoms with Gasteiger partial charge >= 0.3 is 6.03 Å². The molecule has 0 atom stereocenters. The Kier molecular flexibility index (Phi) is 6.10. The Bertz CT molecular complexity index is 1000. The second kappa shape index (κ2) is 9.10. The molecule has 9 nitrogen and oxygen atoms in total. The Morgan fingerprint density at radius 3 is 2.53 bits per heavy atom. The number of nitrogens with zero attached hydrogens (tertiary/aromatic N) is 6. The molecule has 0 spiro atoms. The number of nitrogens with one attached hydrogen (secondary N) is 1. The van der Waals surface area contributed by atoms with Crippen LogP contribution in [0.2, 0.25) is 5.02 Å². The summed E-state index contributed by atoms with van der Waals surface area (Å²) in [6.07, 6.45) is 0. The number of tetrazole rings is 1. The summed E-state index contributed by atoms with van der Waals surface area (Å²) in [5.74, 6) is 1.52. The first-order chi connectivity index (χ1) is 14.6. The molecule has 1 N–H and O–H groups in total. The van der Waals surface area contributed by atoms with E-state index in [1.165, 1.54) is 0 Å². The summed E-state index contributed by atoms with van der Waals surface area (Å²) in [6.45, 7) is 3.27. The average Bonchev–Trinajstić information content (AvgIpc) is 3.24. The van der Waals surface area contributed by atoms with Crippen molar-refractivity contribution < 1.29 is 9.53 Å². The quantitative estimate of drug-likeness (QED) is 0.673. The molecule has 0 unspecified atom stereocenters. The largest absolute Gasteiger partial charge is 0.497 e. The molecule has 1 aliphatic rings. The highest BCUT2D eigenvalue weighted by atomic mass is 35.5. The van der Waals surface area contributed by atoms with Crippen LogP contribution in [0.3, 0.4) is 0 Å². The van der Waals surface area contributed by atoms with E-state index in [1.54, 1.807) is 28.8 Å². The molecule has 156 valence electrons. The number of benzene rings is 2. The van der Waals surface area contributed by atoms with Gasteiger partial charge in [0.15, 0.2) is 5.82 Å². The maximum Gasteiger partial charge on any atom is 0.321 e. The van der Waals surface area contributed by atoms with E-state index < -0.39 is 0 Å². The normalized spacial score (nSPS) is 14.5. The third-order valence-corrected chi connectivity index (χ3v) is 5.32. The first-order valence-electron chi connectivity index (χ1n) is 9.58. The Balaban J connectivity index is 1.34. The van der Waals surface area contributed by atoms with E-state index in [4.69, 9.17) is 16.3 Å². The number of amides is 2. The number of anilines is 1. The van der Waals surface area contributed by atoms with Gasteiger partial charge in [0.1, 0.15) is 5.75 Å². The van der Waals surface area contributed by atoms with E-state index in [1.807, 2.05) is 36.4 Å². The fourth-order valence-electron chi connectivity index (χ4n) is 3.29. The minimum Gasteiger partial charge on any atom is -0.497 e. The Hall–Kier alpha value is -3.17. The van der Waals surface area contributed by atoms with Gasteiger partial charge in [-0.3, -0.25) is 4.90 Å². The lowest BCUT2D eigenvalue weighted by molar-refractivity contribution is 0.140. The molecule has 10 heteroatoms. The van der Waals surface area contributed by atoms with E-state index in [9.17, 15) is 4.79 Å². The van der Waals surface area contributed by atoms with E-state index in [0.29, 0.717) is 30.3 Å². The maximum absolute atomic E-state index is 12.5. The maximum atomic E-state index is 12.5. The number of piperazine rings is 1. The monoisotopic (exact) mass is 427 g/mol. The van der Waals surface area contributed by atoms with Gasteiger partial charge in [-0.05, 0) is 46.8 Å². The van der Waals surface area contributed by atoms with Crippen molar-refractivity contribution in [3.05, 3.63) is 59.4 Å². The van der Waals surface area contributed by atoms with Crippen molar-refractivity contribution in [2.45, 2.75) is 6.54 Å². The SMILES string of the molecule is COc1ccc(-n2nnnc2CN2CCN(C(=O)Nc3ccccc3Cl)CC2)cc1. The van der Waals surface area contributed by atoms with Crippen LogP contribution >= 0.6 is 11.6 Å². The summed E-state index contributed by atoms with van der Waals surface area (Å²) in [5, 5.41) is 15.5. The van der Waals surface area contributed by atoms with Gasteiger partial charge in [0.05, 0.1) is 30.1 Å². The van der Waals surface area contributed by atoms with Crippen molar-refractivity contribution in [2.75, 3.05) is 38.6 Å². The average molecular weight is 428 g/mol. The highest BCUT2D eigenvalue weighted by Crippen LogP contribution is 2.21. The first-order valence-corrected chi connectivity index (χ1v) is 9.96. The smallest absolute Gasteiger partial charge is 0.321 e. The lowest BCUT2D eigenvalue weighted by Crippen LogP contribution is -2.49. The van der Waals surface area contributed by atoms with Crippen LogP contribution in [-0.2, 0) is 6.54 Å². The van der Waals surface area contributed by atoms with Crippen LogP contribution in [0.1, 0.15) is 5.82 Å². The molecule has 4 rings (SSSR count). The van der Waals surface area contributed by atoms with Gasteiger partial charge in [0.25, 0.3) is 0 Å². The summed E-state index contributed by atoms with van der Waals surface area (Å²) in [6, 6.07) is 14.6. The molecule has 2 aromatic carbocycles. The van der Waals surface area contributed by atoms with Gasteiger partial charge in [-0.2, -0.15) is 4.68 Å². The van der Waals surface area contributed by atoms with Crippen LogP contribution in [0.15, 0.2) is 48.5 Å². The second-order valence-electron chi connectivity index (χ2n) is 6.88. The number of halogens is 1. The Morgan fingerprint density at radius 2 is 1.83 bits per heavy atom. The Labute approximate surface area is 179 Å². The number of urea groups is 1. The lowest BCUT2D eigenvalue weighted by atomic mass is 10.3. The van der Waals surface area contributed by atoms with E-state index >= 15 is 0 Å². The lowest BCUT2D eigenvalue weighted by Gasteiger charge is -2.34. The van der Waals surface area contributed by atoms with Crippen LogP contribution in [0.4, 0.5) is 10.5 Å². The standard InChI is InChI=1S/C20H22ClN7O2/c1-30-16-8-6-15(7-9-16)28-19(23-24-25-28)14-26-10-12-27(13-11-26)20(29)22-18-5-3-2-4-17(18)21/h2-9H,10-14H2,1H3,(H,22,29). The number of hydrogen-bond acceptors (Lipinski definition) is 6. The number of hydrogen-bond donors (Lipinski definition) is 1. The zero-order chi connectivity index (χ0) is 20.9. The molecule has 3 aromatic rings. The van der Waals surface area contributed by atoms with Gasteiger partial charge in [-0.15, -0.1) is 5.10 Å². The van der Waals surface area contributed by atoms with Crippen molar-refractivity contribution in [3.8, 4) is 11.4 Å². The van der Waals surface area contributed by atoms with Crippen molar-refractivity contribution in [1.29, 1.82) is 0 Å². The molecule has 0 radical (unpaired) electrons. The van der Waals surface area contributed by atoms with Crippen LogP contribution in [0, 0.1) is 0 Å². The predicted octanol–water partition coefficient (Wildman–Crippen LogP) is 2.67. The number of aromatic nitrogens is 4. The van der Waals surface area contributed by atoms with Gasteiger partial charge in [-0.25, -0.2) is 4.79 Å². The zero-order valence-corrected chi connectivity index (χ0v) is 17.3. The number of carbonyl (C=O) groups excluding carboxylic acids is 1. The molecule has 1 aromatic heterocycles. The molecular formula is C20H22ClN7O2. The molecule has 1 fully saturated rings. The molecule has 1 aliphatic heterocycles. The third kappa shape index (κ3) is 4.52. The summed E-state index contributed by atoms with van der Waals surface area (Å²) in [4.78, 5) is 16.5. The summed E-state index contributed by atoms with van der Waals surface area (Å²) in [5.41, 5.74) is 1.49. The van der Waals surface area contributed by atoms with Crippen LogP contribution < -0.4 is 10.1 Å². The van der Waals surface area contributed by atoms with Crippen LogP contribution in [-0.4, -0.2) is 69.3 Å². The molecule has 2 amide bonds. The fraction of sp³-hybridized carbons (Fsp3) is 0.300. The van der Waals surface area contributed by atoms with E-state index in [2.05, 4.69) is 25.7 Å². The summed E-state index contributed by atoms with van der Waals surface area (Å²) in [7, 11) is 1.63. The van der Waals surface area contributed by atoms with Gasteiger partial charge in [-0.1, -0.05) is 23.7 Å². The molecule has 0 aliphatic carbocycles. The predicted molar refractivity (Wildman–Crippen MR) is 113 cm³/mol. The molecule has 0 saturated carbocycles. The third-order valence-electron chi connectivity index (χ3n) is 4.99. The van der Waals surface area contributed by atoms with E-state index in [-0.39, 0.29) is 6.03 Å². The number of methoxy groups -OCH3 is 1. The minimum atomic E-state index is -0.147. The molecule has 1 saturated heterocycles. The summed E-state index contributed by atoms with van der Waals surface area (Å²) < 4.78 is 6.92. The van der Waals surface area contributed by atoms with Crippen LogP contribution in [0.25, 0.3) is 5.69 Å². The number of ether oxygens (including phenoxy) is 1. The second-order valence-corrected chi connectivity index (χ2v) is 7.29. The molecule has 30 heavy (non-hydrogen) atoms. The van der Waals surface area contributed by atoms with Crippen molar-refractivity contribution in [2.24, 2.45) is 0 Å². The number of rotatable bonds is 5. The summed E-state index contributed by atoms with van der Waals surface area (Å²) >= 11 is 6.12. The molecular weight excluding hydrogens is 406 g/mol. The molecule has 2 heterocycles. The Morgan fingerprint density at radius 1 is 1.10 bits per heavy atom. The van der Waals surface area contributed by atoms with Crippen molar-refractivity contribution >= 4 is 23.3 Å². The van der Waals surface area contributed by atoms with Crippen molar-refractivity contribution in [3.63, 3.8) is 0 Å². The first kappa shape index (κ1) is 20.1. The van der Waals surface area contributed by atoms with Crippen molar-refractivity contribution in [1.82, 2.24) is 30.0 Å². The topological polar surface area (TPSA) is 88.4 Å². The molecule has 0 bridgehead atoms. The van der Waals surface area contributed by atoms with Crippen LogP contribution in [0.5, 0.6) is 5.75 Å². The van der Waals surface area contributed by atoms with Gasteiger partial charge in [0, 0.05) is 26.2 Å². The number of para-hydroxylation sites is 1. The minimum absolute atomic E-state index is 0.147. The highest BCUT2D eigenvalue weighted by molar-refractivity contribution is 6.33. The van der Waals surface area contributed by atoms with Gasteiger partial charge < -0.3 is 15.0 Å². The number of carbonyl (C=O) groups is 1. The fourth-order valence-corrected chi connectivity index (χ4v) is 3.48. The zero-order valence-electron chi connectivity index (χ0n) is 16.5. The van der Waals surface area contributed by atoms with E-state index in [0.717, 1.165) is 30.4 Å².